The fourth-order valence-corrected chi connectivity index (χ4v) is 4.25. The van der Waals surface area contributed by atoms with E-state index in [0.29, 0.717) is 6.54 Å². The molecule has 0 N–H and O–H groups in total. The molecule has 1 fully saturated rings. The molecule has 2 aromatic heterocycles. The zero-order valence-corrected chi connectivity index (χ0v) is 14.8. The highest BCUT2D eigenvalue weighted by atomic mass is 32.1. The SMILES string of the molecule is CC1CCN(C(=O)Cn2c(-c3cccs3)cc3ccccc32)CC1. The third kappa shape index (κ3) is 2.86. The van der Waals surface area contributed by atoms with Crippen molar-refractivity contribution in [2.24, 2.45) is 5.92 Å². The summed E-state index contributed by atoms with van der Waals surface area (Å²) >= 11 is 1.72. The summed E-state index contributed by atoms with van der Waals surface area (Å²) in [5, 5.41) is 3.28. The van der Waals surface area contributed by atoms with Crippen molar-refractivity contribution < 1.29 is 4.79 Å². The Balaban J connectivity index is 1.67. The number of para-hydroxylation sites is 1. The molecule has 3 nitrogen and oxygen atoms in total. The summed E-state index contributed by atoms with van der Waals surface area (Å²) in [6.07, 6.45) is 2.24. The molecule has 124 valence electrons. The Bertz CT molecular complexity index is 842. The van der Waals surface area contributed by atoms with Gasteiger partial charge in [0.15, 0.2) is 0 Å². The summed E-state index contributed by atoms with van der Waals surface area (Å²) in [7, 11) is 0. The van der Waals surface area contributed by atoms with E-state index < -0.39 is 0 Å². The van der Waals surface area contributed by atoms with Gasteiger partial charge in [-0.1, -0.05) is 31.2 Å². The first kappa shape index (κ1) is 15.5. The Hall–Kier alpha value is -2.07. The summed E-state index contributed by atoms with van der Waals surface area (Å²) in [4.78, 5) is 16.1. The van der Waals surface area contributed by atoms with Crippen LogP contribution in [0, 0.1) is 5.92 Å². The number of rotatable bonds is 3. The van der Waals surface area contributed by atoms with E-state index in [4.69, 9.17) is 0 Å². The van der Waals surface area contributed by atoms with Gasteiger partial charge in [0.05, 0.1) is 10.6 Å². The molecule has 0 bridgehead atoms. The van der Waals surface area contributed by atoms with E-state index in [1.807, 2.05) is 11.0 Å². The number of nitrogens with zero attached hydrogens (tertiary/aromatic N) is 2. The minimum atomic E-state index is 0.237. The molecule has 0 atom stereocenters. The molecule has 0 saturated carbocycles. The molecule has 1 aromatic carbocycles. The van der Waals surface area contributed by atoms with Crippen molar-refractivity contribution in [1.82, 2.24) is 9.47 Å². The number of benzene rings is 1. The average molecular weight is 338 g/mol. The van der Waals surface area contributed by atoms with Crippen molar-refractivity contribution in [1.29, 1.82) is 0 Å². The lowest BCUT2D eigenvalue weighted by atomic mass is 9.99. The zero-order valence-electron chi connectivity index (χ0n) is 13.9. The number of carbonyl (C=O) groups excluding carboxylic acids is 1. The molecule has 4 rings (SSSR count). The van der Waals surface area contributed by atoms with Crippen LogP contribution < -0.4 is 0 Å². The molecular weight excluding hydrogens is 316 g/mol. The van der Waals surface area contributed by atoms with E-state index in [1.165, 1.54) is 10.3 Å². The molecule has 4 heteroatoms. The molecule has 0 radical (unpaired) electrons. The first-order valence-corrected chi connectivity index (χ1v) is 9.50. The fourth-order valence-electron chi connectivity index (χ4n) is 3.50. The highest BCUT2D eigenvalue weighted by molar-refractivity contribution is 7.13. The maximum absolute atomic E-state index is 12.8. The van der Waals surface area contributed by atoms with Crippen LogP contribution in [0.2, 0.25) is 0 Å². The monoisotopic (exact) mass is 338 g/mol. The van der Waals surface area contributed by atoms with Crippen LogP contribution in [0.5, 0.6) is 0 Å². The van der Waals surface area contributed by atoms with Gasteiger partial charge in [-0.15, -0.1) is 11.3 Å². The van der Waals surface area contributed by atoms with E-state index in [-0.39, 0.29) is 5.91 Å². The molecule has 1 saturated heterocycles. The van der Waals surface area contributed by atoms with Crippen molar-refractivity contribution >= 4 is 28.1 Å². The van der Waals surface area contributed by atoms with E-state index in [0.717, 1.165) is 43.1 Å². The van der Waals surface area contributed by atoms with Gasteiger partial charge in [0.1, 0.15) is 6.54 Å². The molecular formula is C20H22N2OS. The summed E-state index contributed by atoms with van der Waals surface area (Å²) in [5.74, 6) is 0.976. The van der Waals surface area contributed by atoms with E-state index in [2.05, 4.69) is 53.3 Å². The number of piperidine rings is 1. The van der Waals surface area contributed by atoms with Crippen LogP contribution in [0.15, 0.2) is 47.8 Å². The lowest BCUT2D eigenvalue weighted by Crippen LogP contribution is -2.39. The Kier molecular flexibility index (Phi) is 4.15. The van der Waals surface area contributed by atoms with Gasteiger partial charge >= 0.3 is 0 Å². The van der Waals surface area contributed by atoms with Crippen LogP contribution in [0.1, 0.15) is 19.8 Å². The number of hydrogen-bond acceptors (Lipinski definition) is 2. The maximum Gasteiger partial charge on any atom is 0.242 e. The molecule has 1 amide bonds. The second-order valence-corrected chi connectivity index (χ2v) is 7.66. The maximum atomic E-state index is 12.8. The number of fused-ring (bicyclic) bond motifs is 1. The summed E-state index contributed by atoms with van der Waals surface area (Å²) in [5.41, 5.74) is 2.28. The van der Waals surface area contributed by atoms with Gasteiger partial charge in [0.25, 0.3) is 0 Å². The number of hydrogen-bond donors (Lipinski definition) is 0. The average Bonchev–Trinajstić information content (AvgIpc) is 3.23. The van der Waals surface area contributed by atoms with Crippen LogP contribution in [0.3, 0.4) is 0 Å². The third-order valence-electron chi connectivity index (χ3n) is 5.01. The predicted molar refractivity (Wildman–Crippen MR) is 100 cm³/mol. The Morgan fingerprint density at radius 1 is 1.17 bits per heavy atom. The normalized spacial score (nSPS) is 16.0. The molecule has 1 aliphatic heterocycles. The number of carbonyl (C=O) groups is 1. The number of thiophene rings is 1. The van der Waals surface area contributed by atoms with Crippen molar-refractivity contribution in [2.75, 3.05) is 13.1 Å². The summed E-state index contributed by atoms with van der Waals surface area (Å²) < 4.78 is 2.18. The van der Waals surface area contributed by atoms with Crippen LogP contribution in [0.4, 0.5) is 0 Å². The predicted octanol–water partition coefficient (Wildman–Crippen LogP) is 4.63. The van der Waals surface area contributed by atoms with Gasteiger partial charge < -0.3 is 9.47 Å². The number of aromatic nitrogens is 1. The van der Waals surface area contributed by atoms with Crippen LogP contribution in [0.25, 0.3) is 21.5 Å². The quantitative estimate of drug-likeness (QED) is 0.683. The molecule has 3 aromatic rings. The fraction of sp³-hybridized carbons (Fsp3) is 0.350. The van der Waals surface area contributed by atoms with E-state index in [9.17, 15) is 4.79 Å². The second-order valence-electron chi connectivity index (χ2n) is 6.72. The molecule has 0 aliphatic carbocycles. The highest BCUT2D eigenvalue weighted by Crippen LogP contribution is 2.31. The minimum Gasteiger partial charge on any atom is -0.341 e. The Morgan fingerprint density at radius 2 is 1.96 bits per heavy atom. The molecule has 3 heterocycles. The highest BCUT2D eigenvalue weighted by Gasteiger charge is 2.22. The Labute approximate surface area is 146 Å². The molecule has 1 aliphatic rings. The van der Waals surface area contributed by atoms with Gasteiger partial charge in [-0.05, 0) is 42.3 Å². The summed E-state index contributed by atoms with van der Waals surface area (Å²) in [6.45, 7) is 4.49. The first-order chi connectivity index (χ1) is 11.7. The van der Waals surface area contributed by atoms with Gasteiger partial charge in [-0.25, -0.2) is 0 Å². The van der Waals surface area contributed by atoms with Crippen LogP contribution in [-0.2, 0) is 11.3 Å². The molecule has 0 unspecified atom stereocenters. The van der Waals surface area contributed by atoms with Crippen LogP contribution in [-0.4, -0.2) is 28.5 Å². The third-order valence-corrected chi connectivity index (χ3v) is 5.91. The lowest BCUT2D eigenvalue weighted by Gasteiger charge is -2.30. The summed E-state index contributed by atoms with van der Waals surface area (Å²) in [6, 6.07) is 14.7. The standard InChI is InChI=1S/C20H22N2OS/c1-15-8-10-21(11-9-15)20(23)14-22-17-6-3-2-5-16(17)13-18(22)19-7-4-12-24-19/h2-7,12-13,15H,8-11,14H2,1H3. The van der Waals surface area contributed by atoms with Crippen molar-refractivity contribution in [3.63, 3.8) is 0 Å². The van der Waals surface area contributed by atoms with Gasteiger partial charge in [0.2, 0.25) is 5.91 Å². The largest absolute Gasteiger partial charge is 0.341 e. The smallest absolute Gasteiger partial charge is 0.242 e. The minimum absolute atomic E-state index is 0.237. The van der Waals surface area contributed by atoms with Gasteiger partial charge in [-0.3, -0.25) is 4.79 Å². The second kappa shape index (κ2) is 6.44. The first-order valence-electron chi connectivity index (χ1n) is 8.62. The molecule has 0 spiro atoms. The van der Waals surface area contributed by atoms with Gasteiger partial charge in [0, 0.05) is 24.0 Å². The van der Waals surface area contributed by atoms with E-state index in [1.54, 1.807) is 11.3 Å². The van der Waals surface area contributed by atoms with E-state index >= 15 is 0 Å². The van der Waals surface area contributed by atoms with Crippen LogP contribution >= 0.6 is 11.3 Å². The van der Waals surface area contributed by atoms with Crippen molar-refractivity contribution in [3.05, 3.63) is 47.8 Å². The Morgan fingerprint density at radius 3 is 2.71 bits per heavy atom. The zero-order chi connectivity index (χ0) is 16.5. The molecule has 24 heavy (non-hydrogen) atoms. The van der Waals surface area contributed by atoms with Crippen molar-refractivity contribution in [2.45, 2.75) is 26.3 Å². The van der Waals surface area contributed by atoms with Crippen molar-refractivity contribution in [3.8, 4) is 10.6 Å². The lowest BCUT2D eigenvalue weighted by molar-refractivity contribution is -0.133. The number of amides is 1. The number of likely N-dealkylation sites (tertiary alicyclic amines) is 1. The topological polar surface area (TPSA) is 25.2 Å². The van der Waals surface area contributed by atoms with Gasteiger partial charge in [-0.2, -0.15) is 0 Å².